The Bertz CT molecular complexity index is 771. The van der Waals surface area contributed by atoms with E-state index in [2.05, 4.69) is 5.32 Å². The fraction of sp³-hybridized carbons (Fsp3) is 0.118. The predicted octanol–water partition coefficient (Wildman–Crippen LogP) is 3.25. The number of hydrogen-bond acceptors (Lipinski definition) is 3. The fourth-order valence-corrected chi connectivity index (χ4v) is 2.59. The van der Waals surface area contributed by atoms with Crippen molar-refractivity contribution in [3.05, 3.63) is 59.1 Å². The lowest BCUT2D eigenvalue weighted by Gasteiger charge is -2.14. The molecule has 1 heterocycles. The highest BCUT2D eigenvalue weighted by Gasteiger charge is 2.30. The highest BCUT2D eigenvalue weighted by molar-refractivity contribution is 6.31. The lowest BCUT2D eigenvalue weighted by atomic mass is 10.1. The third-order valence-corrected chi connectivity index (χ3v) is 3.76. The molecule has 1 aliphatic heterocycles. The van der Waals surface area contributed by atoms with Crippen molar-refractivity contribution in [3.8, 4) is 0 Å². The van der Waals surface area contributed by atoms with Gasteiger partial charge in [0.15, 0.2) is 0 Å². The number of nitrogens with zero attached hydrogens (tertiary/aromatic N) is 1. The topological polar surface area (TPSA) is 66.5 Å². The van der Waals surface area contributed by atoms with Crippen molar-refractivity contribution in [2.24, 2.45) is 0 Å². The minimum atomic E-state index is -0.294. The number of carbonyl (C=O) groups excluding carboxylic acids is 3. The second kappa shape index (κ2) is 6.22. The quantitative estimate of drug-likeness (QED) is 0.879. The monoisotopic (exact) mass is 328 g/mol. The Morgan fingerprint density at radius 1 is 1.00 bits per heavy atom. The molecular formula is C17H13ClN2O3. The van der Waals surface area contributed by atoms with Gasteiger partial charge in [0, 0.05) is 29.1 Å². The number of amides is 3. The van der Waals surface area contributed by atoms with E-state index in [-0.39, 0.29) is 30.6 Å². The summed E-state index contributed by atoms with van der Waals surface area (Å²) in [6.07, 6.45) is 0.464. The normalized spacial score (nSPS) is 14.2. The van der Waals surface area contributed by atoms with Gasteiger partial charge in [-0.25, -0.2) is 0 Å². The van der Waals surface area contributed by atoms with E-state index in [1.807, 2.05) is 0 Å². The molecule has 6 heteroatoms. The molecule has 1 fully saturated rings. The molecule has 1 aliphatic rings. The van der Waals surface area contributed by atoms with Crippen molar-refractivity contribution in [2.45, 2.75) is 12.8 Å². The molecule has 3 amide bonds. The van der Waals surface area contributed by atoms with Crippen LogP contribution in [0.1, 0.15) is 23.2 Å². The largest absolute Gasteiger partial charge is 0.322 e. The minimum absolute atomic E-state index is 0.217. The van der Waals surface area contributed by atoms with Crippen LogP contribution >= 0.6 is 11.6 Å². The third kappa shape index (κ3) is 3.24. The number of halogens is 1. The first-order valence-electron chi connectivity index (χ1n) is 7.07. The van der Waals surface area contributed by atoms with Gasteiger partial charge in [-0.15, -0.1) is 0 Å². The second-order valence-corrected chi connectivity index (χ2v) is 5.57. The summed E-state index contributed by atoms with van der Waals surface area (Å²) in [5.41, 5.74) is 1.50. The number of benzene rings is 2. The van der Waals surface area contributed by atoms with Crippen LogP contribution in [-0.4, -0.2) is 17.7 Å². The molecule has 0 unspecified atom stereocenters. The van der Waals surface area contributed by atoms with Crippen molar-refractivity contribution in [2.75, 3.05) is 10.2 Å². The molecule has 0 saturated carbocycles. The molecule has 3 rings (SSSR count). The molecular weight excluding hydrogens is 316 g/mol. The highest BCUT2D eigenvalue weighted by atomic mass is 35.5. The van der Waals surface area contributed by atoms with Gasteiger partial charge in [-0.1, -0.05) is 17.7 Å². The molecule has 0 bridgehead atoms. The van der Waals surface area contributed by atoms with E-state index in [1.54, 1.807) is 48.5 Å². The molecule has 1 N–H and O–H groups in total. The van der Waals surface area contributed by atoms with Crippen LogP contribution in [0.5, 0.6) is 0 Å². The summed E-state index contributed by atoms with van der Waals surface area (Å²) in [6, 6.07) is 13.2. The van der Waals surface area contributed by atoms with Gasteiger partial charge in [0.25, 0.3) is 5.91 Å². The van der Waals surface area contributed by atoms with E-state index in [9.17, 15) is 14.4 Å². The Morgan fingerprint density at radius 3 is 2.26 bits per heavy atom. The molecule has 116 valence electrons. The number of hydrogen-bond donors (Lipinski definition) is 1. The molecule has 0 aromatic heterocycles. The van der Waals surface area contributed by atoms with Gasteiger partial charge in [0.2, 0.25) is 11.8 Å². The number of rotatable bonds is 3. The Kier molecular flexibility index (Phi) is 4.12. The zero-order valence-corrected chi connectivity index (χ0v) is 12.8. The predicted molar refractivity (Wildman–Crippen MR) is 87.6 cm³/mol. The zero-order valence-electron chi connectivity index (χ0n) is 12.1. The smallest absolute Gasteiger partial charge is 0.255 e. The summed E-state index contributed by atoms with van der Waals surface area (Å²) >= 11 is 5.87. The van der Waals surface area contributed by atoms with Crippen molar-refractivity contribution in [1.29, 1.82) is 0 Å². The van der Waals surface area contributed by atoms with Crippen LogP contribution in [0.2, 0.25) is 5.02 Å². The van der Waals surface area contributed by atoms with E-state index in [0.717, 1.165) is 4.90 Å². The van der Waals surface area contributed by atoms with Gasteiger partial charge in [0.05, 0.1) is 5.69 Å². The summed E-state index contributed by atoms with van der Waals surface area (Å²) in [4.78, 5) is 36.7. The second-order valence-electron chi connectivity index (χ2n) is 5.13. The Balaban J connectivity index is 1.75. The van der Waals surface area contributed by atoms with Crippen molar-refractivity contribution in [3.63, 3.8) is 0 Å². The van der Waals surface area contributed by atoms with E-state index >= 15 is 0 Å². The highest BCUT2D eigenvalue weighted by Crippen LogP contribution is 2.23. The summed E-state index contributed by atoms with van der Waals surface area (Å²) in [6.45, 7) is 0. The first kappa shape index (κ1) is 15.2. The SMILES string of the molecule is O=C(Nc1cccc(Cl)c1)c1ccc(N2C(=O)CCC2=O)cc1. The van der Waals surface area contributed by atoms with Crippen LogP contribution in [-0.2, 0) is 9.59 Å². The van der Waals surface area contributed by atoms with Crippen LogP contribution in [0.25, 0.3) is 0 Å². The molecule has 0 atom stereocenters. The third-order valence-electron chi connectivity index (χ3n) is 3.52. The Labute approximate surface area is 137 Å². The summed E-state index contributed by atoms with van der Waals surface area (Å²) < 4.78 is 0. The van der Waals surface area contributed by atoms with E-state index in [4.69, 9.17) is 11.6 Å². The maximum Gasteiger partial charge on any atom is 0.255 e. The van der Waals surface area contributed by atoms with Gasteiger partial charge in [0.1, 0.15) is 0 Å². The van der Waals surface area contributed by atoms with E-state index in [1.165, 1.54) is 0 Å². The maximum absolute atomic E-state index is 12.2. The van der Waals surface area contributed by atoms with E-state index in [0.29, 0.717) is 22.0 Å². The van der Waals surface area contributed by atoms with E-state index < -0.39 is 0 Å². The zero-order chi connectivity index (χ0) is 16.4. The van der Waals surface area contributed by atoms with Crippen LogP contribution < -0.4 is 10.2 Å². The van der Waals surface area contributed by atoms with Gasteiger partial charge < -0.3 is 5.32 Å². The lowest BCUT2D eigenvalue weighted by molar-refractivity contribution is -0.121. The van der Waals surface area contributed by atoms with Crippen molar-refractivity contribution in [1.82, 2.24) is 0 Å². The molecule has 0 radical (unpaired) electrons. The van der Waals surface area contributed by atoms with Gasteiger partial charge in [-0.05, 0) is 42.5 Å². The number of imide groups is 1. The summed E-state index contributed by atoms with van der Waals surface area (Å²) in [5, 5.41) is 3.27. The first-order chi connectivity index (χ1) is 11.0. The molecule has 23 heavy (non-hydrogen) atoms. The van der Waals surface area contributed by atoms with Crippen molar-refractivity contribution < 1.29 is 14.4 Å². The fourth-order valence-electron chi connectivity index (χ4n) is 2.40. The summed E-state index contributed by atoms with van der Waals surface area (Å²) in [5.74, 6) is -0.727. The van der Waals surface area contributed by atoms with Crippen LogP contribution in [0.3, 0.4) is 0 Å². The molecule has 0 spiro atoms. The number of nitrogens with one attached hydrogen (secondary N) is 1. The lowest BCUT2D eigenvalue weighted by Crippen LogP contribution is -2.28. The van der Waals surface area contributed by atoms with Gasteiger partial charge in [-0.2, -0.15) is 0 Å². The molecule has 2 aromatic rings. The average Bonchev–Trinajstić information content (AvgIpc) is 2.86. The standard InChI is InChI=1S/C17H13ClN2O3/c18-12-2-1-3-13(10-12)19-17(23)11-4-6-14(7-5-11)20-15(21)8-9-16(20)22/h1-7,10H,8-9H2,(H,19,23). The average molecular weight is 329 g/mol. The Morgan fingerprint density at radius 2 is 1.65 bits per heavy atom. The van der Waals surface area contributed by atoms with Gasteiger partial charge in [-0.3, -0.25) is 19.3 Å². The molecule has 2 aromatic carbocycles. The number of carbonyl (C=O) groups is 3. The van der Waals surface area contributed by atoms with Gasteiger partial charge >= 0.3 is 0 Å². The molecule has 0 aliphatic carbocycles. The summed E-state index contributed by atoms with van der Waals surface area (Å²) in [7, 11) is 0. The number of anilines is 2. The van der Waals surface area contributed by atoms with Crippen LogP contribution in [0.4, 0.5) is 11.4 Å². The first-order valence-corrected chi connectivity index (χ1v) is 7.45. The van der Waals surface area contributed by atoms with Crippen molar-refractivity contribution >= 4 is 40.7 Å². The maximum atomic E-state index is 12.2. The Hall–Kier alpha value is -2.66. The molecule has 5 nitrogen and oxygen atoms in total. The minimum Gasteiger partial charge on any atom is -0.322 e. The molecule has 1 saturated heterocycles. The van der Waals surface area contributed by atoms with Crippen LogP contribution in [0, 0.1) is 0 Å². The van der Waals surface area contributed by atoms with Crippen LogP contribution in [0.15, 0.2) is 48.5 Å².